The smallest absolute Gasteiger partial charge is 0.395 e. The summed E-state index contributed by atoms with van der Waals surface area (Å²) in [5, 5.41) is 0. The van der Waals surface area contributed by atoms with Gasteiger partial charge < -0.3 is 14.4 Å². The summed E-state index contributed by atoms with van der Waals surface area (Å²) in [6, 6.07) is 13.0. The van der Waals surface area contributed by atoms with Gasteiger partial charge in [0.2, 0.25) is 0 Å². The Kier molecular flexibility index (Phi) is 9.14. The average molecular weight is 549 g/mol. The zero-order valence-electron chi connectivity index (χ0n) is 22.7. The van der Waals surface area contributed by atoms with Gasteiger partial charge in [0.25, 0.3) is 0 Å². The van der Waals surface area contributed by atoms with E-state index in [1.165, 1.54) is 25.3 Å². The van der Waals surface area contributed by atoms with Crippen molar-refractivity contribution in [3.63, 3.8) is 0 Å². The molecule has 214 valence electrons. The van der Waals surface area contributed by atoms with Gasteiger partial charge in [-0.05, 0) is 86.4 Å². The molecule has 4 nitrogen and oxygen atoms in total. The van der Waals surface area contributed by atoms with Crippen LogP contribution in [-0.2, 0) is 11.3 Å². The number of hydrogen-bond donors (Lipinski definition) is 0. The van der Waals surface area contributed by atoms with Crippen molar-refractivity contribution in [1.29, 1.82) is 0 Å². The molecule has 0 bridgehead atoms. The quantitative estimate of drug-likeness (QED) is 0.292. The monoisotopic (exact) mass is 548 g/mol. The van der Waals surface area contributed by atoms with E-state index in [0.29, 0.717) is 39.5 Å². The number of hydrogen-bond acceptors (Lipinski definition) is 4. The maximum atomic E-state index is 14.9. The van der Waals surface area contributed by atoms with Crippen molar-refractivity contribution in [3.8, 4) is 16.9 Å². The SMILES string of the molecule is Fc1cc(-c2ccc(COCN3CCCCC3)cc2)ccc1OCC1CCN(CC2(C(F)(F)F)CCC2)CC1. The summed E-state index contributed by atoms with van der Waals surface area (Å²) in [5.74, 6) is 0.0265. The molecule has 39 heavy (non-hydrogen) atoms. The second kappa shape index (κ2) is 12.6. The van der Waals surface area contributed by atoms with Gasteiger partial charge >= 0.3 is 6.18 Å². The van der Waals surface area contributed by atoms with E-state index in [2.05, 4.69) is 4.90 Å². The zero-order valence-corrected chi connectivity index (χ0v) is 22.7. The summed E-state index contributed by atoms with van der Waals surface area (Å²) in [6.07, 6.45) is 2.34. The first-order valence-corrected chi connectivity index (χ1v) is 14.4. The van der Waals surface area contributed by atoms with E-state index in [1.807, 2.05) is 35.2 Å². The first kappa shape index (κ1) is 28.4. The number of ether oxygens (including phenoxy) is 2. The molecule has 8 heteroatoms. The lowest BCUT2D eigenvalue weighted by molar-refractivity contribution is -0.256. The van der Waals surface area contributed by atoms with Crippen molar-refractivity contribution >= 4 is 0 Å². The van der Waals surface area contributed by atoms with Crippen molar-refractivity contribution < 1.29 is 27.0 Å². The Morgan fingerprint density at radius 3 is 2.13 bits per heavy atom. The molecule has 1 aliphatic carbocycles. The van der Waals surface area contributed by atoms with Crippen LogP contribution in [0.5, 0.6) is 5.75 Å². The Hall–Kier alpha value is -2.16. The van der Waals surface area contributed by atoms with Crippen molar-refractivity contribution in [2.45, 2.75) is 64.1 Å². The zero-order chi connectivity index (χ0) is 27.3. The molecule has 3 fully saturated rings. The van der Waals surface area contributed by atoms with E-state index >= 15 is 0 Å². The number of benzene rings is 2. The maximum absolute atomic E-state index is 14.9. The molecule has 2 aromatic rings. The highest BCUT2D eigenvalue weighted by molar-refractivity contribution is 5.64. The normalized spacial score (nSPS) is 21.0. The van der Waals surface area contributed by atoms with Crippen LogP contribution in [0.15, 0.2) is 42.5 Å². The molecule has 0 atom stereocenters. The molecule has 0 amide bonds. The molecule has 5 rings (SSSR count). The Bertz CT molecular complexity index is 1060. The van der Waals surface area contributed by atoms with Gasteiger partial charge in [-0.3, -0.25) is 4.90 Å². The lowest BCUT2D eigenvalue weighted by Gasteiger charge is -2.47. The molecule has 0 aromatic heterocycles. The van der Waals surface area contributed by atoms with Crippen LogP contribution in [0.2, 0.25) is 0 Å². The van der Waals surface area contributed by atoms with Crippen LogP contribution in [-0.4, -0.2) is 62.0 Å². The second-order valence-corrected chi connectivity index (χ2v) is 11.7. The Balaban J connectivity index is 1.06. The van der Waals surface area contributed by atoms with E-state index in [0.717, 1.165) is 42.6 Å². The summed E-state index contributed by atoms with van der Waals surface area (Å²) in [6.45, 7) is 5.17. The van der Waals surface area contributed by atoms with Gasteiger partial charge in [-0.2, -0.15) is 13.2 Å². The summed E-state index contributed by atoms with van der Waals surface area (Å²) in [4.78, 5) is 4.29. The number of rotatable bonds is 10. The minimum atomic E-state index is -4.13. The molecule has 0 unspecified atom stereocenters. The van der Waals surface area contributed by atoms with Crippen LogP contribution in [0.1, 0.15) is 56.9 Å². The van der Waals surface area contributed by atoms with Gasteiger partial charge in [-0.25, -0.2) is 4.39 Å². The number of piperidine rings is 2. The Labute approximate surface area is 229 Å². The summed E-state index contributed by atoms with van der Waals surface area (Å²) >= 11 is 0. The molecule has 2 aromatic carbocycles. The molecule has 0 N–H and O–H groups in total. The van der Waals surface area contributed by atoms with E-state index in [-0.39, 0.29) is 31.1 Å². The number of alkyl halides is 3. The number of likely N-dealkylation sites (tertiary alicyclic amines) is 2. The van der Waals surface area contributed by atoms with Crippen molar-refractivity contribution in [2.24, 2.45) is 11.3 Å². The Morgan fingerprint density at radius 2 is 1.51 bits per heavy atom. The number of nitrogens with zero attached hydrogens (tertiary/aromatic N) is 2. The molecule has 1 saturated carbocycles. The third-order valence-electron chi connectivity index (χ3n) is 8.83. The molecular formula is C31H40F4N2O2. The summed E-state index contributed by atoms with van der Waals surface area (Å²) in [5.41, 5.74) is 1.28. The fourth-order valence-electron chi connectivity index (χ4n) is 6.05. The van der Waals surface area contributed by atoms with Gasteiger partial charge in [0.1, 0.15) is 0 Å². The van der Waals surface area contributed by atoms with Crippen LogP contribution in [0.4, 0.5) is 17.6 Å². The van der Waals surface area contributed by atoms with Crippen molar-refractivity contribution in [1.82, 2.24) is 9.80 Å². The third kappa shape index (κ3) is 7.14. The number of halogens is 4. The molecule has 2 aliphatic heterocycles. The minimum absolute atomic E-state index is 0.104. The molecule has 3 aliphatic rings. The first-order chi connectivity index (χ1) is 18.8. The van der Waals surface area contributed by atoms with Gasteiger partial charge in [0, 0.05) is 19.6 Å². The van der Waals surface area contributed by atoms with Crippen LogP contribution in [0.25, 0.3) is 11.1 Å². The van der Waals surface area contributed by atoms with Crippen LogP contribution < -0.4 is 4.74 Å². The average Bonchev–Trinajstić information content (AvgIpc) is 2.91. The van der Waals surface area contributed by atoms with E-state index < -0.39 is 17.4 Å². The fraction of sp³-hybridized carbons (Fsp3) is 0.613. The lowest BCUT2D eigenvalue weighted by Crippen LogP contribution is -2.53. The van der Waals surface area contributed by atoms with E-state index in [1.54, 1.807) is 6.07 Å². The van der Waals surface area contributed by atoms with Gasteiger partial charge in [-0.1, -0.05) is 43.2 Å². The molecule has 2 heterocycles. The summed E-state index contributed by atoms with van der Waals surface area (Å²) in [7, 11) is 0. The fourth-order valence-corrected chi connectivity index (χ4v) is 6.05. The maximum Gasteiger partial charge on any atom is 0.395 e. The molecule has 0 spiro atoms. The van der Waals surface area contributed by atoms with Crippen molar-refractivity contribution in [2.75, 3.05) is 46.1 Å². The minimum Gasteiger partial charge on any atom is -0.490 e. The van der Waals surface area contributed by atoms with E-state index in [9.17, 15) is 17.6 Å². The van der Waals surface area contributed by atoms with Crippen molar-refractivity contribution in [3.05, 3.63) is 53.8 Å². The predicted octanol–water partition coefficient (Wildman–Crippen LogP) is 7.28. The third-order valence-corrected chi connectivity index (χ3v) is 8.83. The van der Waals surface area contributed by atoms with Gasteiger partial charge in [-0.15, -0.1) is 0 Å². The molecule has 2 saturated heterocycles. The topological polar surface area (TPSA) is 24.9 Å². The largest absolute Gasteiger partial charge is 0.490 e. The predicted molar refractivity (Wildman–Crippen MR) is 144 cm³/mol. The van der Waals surface area contributed by atoms with E-state index in [4.69, 9.17) is 9.47 Å². The van der Waals surface area contributed by atoms with Crippen LogP contribution in [0, 0.1) is 17.2 Å². The van der Waals surface area contributed by atoms with Crippen LogP contribution >= 0.6 is 0 Å². The first-order valence-electron chi connectivity index (χ1n) is 14.4. The Morgan fingerprint density at radius 1 is 0.821 bits per heavy atom. The molecular weight excluding hydrogens is 508 g/mol. The highest BCUT2D eigenvalue weighted by atomic mass is 19.4. The highest BCUT2D eigenvalue weighted by Crippen LogP contribution is 2.53. The lowest BCUT2D eigenvalue weighted by atomic mass is 9.67. The van der Waals surface area contributed by atoms with Gasteiger partial charge in [0.05, 0.1) is 25.4 Å². The van der Waals surface area contributed by atoms with Gasteiger partial charge in [0.15, 0.2) is 11.6 Å². The van der Waals surface area contributed by atoms with Crippen LogP contribution in [0.3, 0.4) is 0 Å². The summed E-state index contributed by atoms with van der Waals surface area (Å²) < 4.78 is 67.0. The second-order valence-electron chi connectivity index (χ2n) is 11.7. The highest BCUT2D eigenvalue weighted by Gasteiger charge is 2.58. The standard InChI is InChI=1S/C31H40F4N2O2/c32-28-19-27(26-7-5-24(6-8-26)20-38-23-37-15-2-1-3-16-37)9-10-29(28)39-21-25-11-17-36(18-12-25)22-30(13-4-14-30)31(33,34)35/h5-10,19,25H,1-4,11-18,20-23H2. The molecule has 0 radical (unpaired) electrons.